The fraction of sp³-hybridized carbons (Fsp3) is 0.750. The number of hydrogen-bond donors (Lipinski definition) is 0. The van der Waals surface area contributed by atoms with Crippen molar-refractivity contribution in [3.8, 4) is 0 Å². The summed E-state index contributed by atoms with van der Waals surface area (Å²) in [5.74, 6) is 1.07. The molecular formula is C8H12ClN3O2. The van der Waals surface area contributed by atoms with E-state index >= 15 is 0 Å². The topological polar surface area (TPSA) is 51.4 Å². The molecule has 1 aliphatic rings. The van der Waals surface area contributed by atoms with Crippen LogP contribution in [0.25, 0.3) is 0 Å². The van der Waals surface area contributed by atoms with Gasteiger partial charge in [0.05, 0.1) is 13.2 Å². The van der Waals surface area contributed by atoms with E-state index in [0.717, 1.165) is 13.1 Å². The molecule has 5 nitrogen and oxygen atoms in total. The molecule has 0 aromatic carbocycles. The molecule has 1 unspecified atom stereocenters. The van der Waals surface area contributed by atoms with Crippen molar-refractivity contribution in [2.24, 2.45) is 0 Å². The van der Waals surface area contributed by atoms with Crippen LogP contribution < -0.4 is 4.90 Å². The van der Waals surface area contributed by atoms with Crippen molar-refractivity contribution in [1.29, 1.82) is 0 Å². The molecule has 0 amide bonds. The molecule has 1 fully saturated rings. The molecule has 2 rings (SSSR count). The van der Waals surface area contributed by atoms with Crippen LogP contribution in [0.2, 0.25) is 0 Å². The van der Waals surface area contributed by atoms with E-state index in [1.807, 2.05) is 4.90 Å². The number of anilines is 1. The second-order valence-electron chi connectivity index (χ2n) is 3.15. The summed E-state index contributed by atoms with van der Waals surface area (Å²) in [6.07, 6.45) is 0. The third-order valence-corrected chi connectivity index (χ3v) is 2.25. The number of morpholine rings is 1. The summed E-state index contributed by atoms with van der Waals surface area (Å²) in [6, 6.07) is 0. The summed E-state index contributed by atoms with van der Waals surface area (Å²) in [7, 11) is 0. The first-order chi connectivity index (χ1) is 6.77. The number of ether oxygens (including phenoxy) is 1. The van der Waals surface area contributed by atoms with E-state index in [-0.39, 0.29) is 5.38 Å². The fourth-order valence-electron chi connectivity index (χ4n) is 1.28. The number of rotatable bonds is 2. The van der Waals surface area contributed by atoms with Gasteiger partial charge in [0, 0.05) is 13.1 Å². The van der Waals surface area contributed by atoms with E-state index in [9.17, 15) is 0 Å². The number of aromatic nitrogens is 2. The summed E-state index contributed by atoms with van der Waals surface area (Å²) >= 11 is 5.82. The van der Waals surface area contributed by atoms with Gasteiger partial charge in [-0.1, -0.05) is 0 Å². The SMILES string of the molecule is CC(Cl)c1nc(N2CCOCC2)no1. The van der Waals surface area contributed by atoms with Crippen molar-refractivity contribution in [2.75, 3.05) is 31.2 Å². The third kappa shape index (κ3) is 1.99. The van der Waals surface area contributed by atoms with Crippen LogP contribution in [0.15, 0.2) is 4.52 Å². The van der Waals surface area contributed by atoms with Crippen molar-refractivity contribution in [3.63, 3.8) is 0 Å². The highest BCUT2D eigenvalue weighted by atomic mass is 35.5. The zero-order chi connectivity index (χ0) is 9.97. The van der Waals surface area contributed by atoms with Crippen LogP contribution in [0.4, 0.5) is 5.95 Å². The maximum absolute atomic E-state index is 5.82. The Hall–Kier alpha value is -0.810. The van der Waals surface area contributed by atoms with E-state index in [0.29, 0.717) is 25.1 Å². The molecule has 0 aliphatic carbocycles. The van der Waals surface area contributed by atoms with E-state index in [1.54, 1.807) is 6.92 Å². The Bertz CT molecular complexity index is 297. The largest absolute Gasteiger partial charge is 0.378 e. The molecule has 1 aromatic rings. The summed E-state index contributed by atoms with van der Waals surface area (Å²) in [6.45, 7) is 4.82. The average Bonchev–Trinajstić information content (AvgIpc) is 2.68. The van der Waals surface area contributed by atoms with Gasteiger partial charge in [0.15, 0.2) is 0 Å². The summed E-state index contributed by atoms with van der Waals surface area (Å²) in [5, 5.41) is 3.62. The van der Waals surface area contributed by atoms with Crippen LogP contribution in [0.3, 0.4) is 0 Å². The Kier molecular flexibility index (Phi) is 2.88. The smallest absolute Gasteiger partial charge is 0.266 e. The summed E-state index contributed by atoms with van der Waals surface area (Å²) < 4.78 is 10.2. The molecule has 14 heavy (non-hydrogen) atoms. The number of nitrogens with zero attached hydrogens (tertiary/aromatic N) is 3. The molecule has 1 aromatic heterocycles. The van der Waals surface area contributed by atoms with Crippen molar-refractivity contribution >= 4 is 17.5 Å². The molecule has 0 saturated carbocycles. The first-order valence-corrected chi connectivity index (χ1v) is 5.01. The molecule has 2 heterocycles. The lowest BCUT2D eigenvalue weighted by Crippen LogP contribution is -2.36. The van der Waals surface area contributed by atoms with Crippen molar-refractivity contribution < 1.29 is 9.26 Å². The number of alkyl halides is 1. The fourth-order valence-corrected chi connectivity index (χ4v) is 1.37. The van der Waals surface area contributed by atoms with Gasteiger partial charge in [-0.05, 0) is 12.1 Å². The van der Waals surface area contributed by atoms with E-state index < -0.39 is 0 Å². The monoisotopic (exact) mass is 217 g/mol. The first-order valence-electron chi connectivity index (χ1n) is 4.58. The lowest BCUT2D eigenvalue weighted by Gasteiger charge is -2.24. The molecular weight excluding hydrogens is 206 g/mol. The van der Waals surface area contributed by atoms with Gasteiger partial charge in [0.2, 0.25) is 5.89 Å². The summed E-state index contributed by atoms with van der Waals surface area (Å²) in [5.41, 5.74) is 0. The van der Waals surface area contributed by atoms with Gasteiger partial charge >= 0.3 is 0 Å². The Balaban J connectivity index is 2.07. The van der Waals surface area contributed by atoms with Crippen molar-refractivity contribution in [2.45, 2.75) is 12.3 Å². The van der Waals surface area contributed by atoms with Gasteiger partial charge in [-0.3, -0.25) is 0 Å². The number of hydrogen-bond acceptors (Lipinski definition) is 5. The van der Waals surface area contributed by atoms with Gasteiger partial charge < -0.3 is 14.2 Å². The van der Waals surface area contributed by atoms with Gasteiger partial charge in [-0.25, -0.2) is 0 Å². The lowest BCUT2D eigenvalue weighted by atomic mass is 10.4. The second kappa shape index (κ2) is 4.14. The molecule has 1 aliphatic heterocycles. The average molecular weight is 218 g/mol. The molecule has 0 spiro atoms. The Morgan fingerprint density at radius 3 is 2.71 bits per heavy atom. The maximum atomic E-state index is 5.82. The summed E-state index contributed by atoms with van der Waals surface area (Å²) in [4.78, 5) is 6.22. The molecule has 0 radical (unpaired) electrons. The Morgan fingerprint density at radius 2 is 2.14 bits per heavy atom. The zero-order valence-electron chi connectivity index (χ0n) is 7.94. The highest BCUT2D eigenvalue weighted by Crippen LogP contribution is 2.20. The van der Waals surface area contributed by atoms with Crippen LogP contribution >= 0.6 is 11.6 Å². The quantitative estimate of drug-likeness (QED) is 0.697. The standard InChI is InChI=1S/C8H12ClN3O2/c1-6(9)7-10-8(11-14-7)12-2-4-13-5-3-12/h6H,2-5H2,1H3. The zero-order valence-corrected chi connectivity index (χ0v) is 8.70. The van der Waals surface area contributed by atoms with Gasteiger partial charge in [-0.15, -0.1) is 11.6 Å². The van der Waals surface area contributed by atoms with Crippen LogP contribution in [0.1, 0.15) is 18.2 Å². The van der Waals surface area contributed by atoms with E-state index in [2.05, 4.69) is 10.1 Å². The first kappa shape index (κ1) is 9.73. The van der Waals surface area contributed by atoms with Gasteiger partial charge in [0.1, 0.15) is 5.38 Å². The second-order valence-corrected chi connectivity index (χ2v) is 3.80. The van der Waals surface area contributed by atoms with Crippen molar-refractivity contribution in [1.82, 2.24) is 10.1 Å². The highest BCUT2D eigenvalue weighted by Gasteiger charge is 2.18. The molecule has 0 N–H and O–H groups in total. The maximum Gasteiger partial charge on any atom is 0.266 e. The minimum absolute atomic E-state index is 0.239. The minimum Gasteiger partial charge on any atom is -0.378 e. The molecule has 0 bridgehead atoms. The predicted octanol–water partition coefficient (Wildman–Crippen LogP) is 1.21. The molecule has 1 saturated heterocycles. The van der Waals surface area contributed by atoms with Crippen LogP contribution in [-0.4, -0.2) is 36.4 Å². The minimum atomic E-state index is -0.239. The number of halogens is 1. The van der Waals surface area contributed by atoms with Crippen LogP contribution in [0, 0.1) is 0 Å². The molecule has 1 atom stereocenters. The van der Waals surface area contributed by atoms with E-state index in [1.165, 1.54) is 0 Å². The highest BCUT2D eigenvalue weighted by molar-refractivity contribution is 6.20. The normalized spacial score (nSPS) is 19.7. The van der Waals surface area contributed by atoms with Crippen LogP contribution in [-0.2, 0) is 4.74 Å². The van der Waals surface area contributed by atoms with Gasteiger partial charge in [-0.2, -0.15) is 4.98 Å². The lowest BCUT2D eigenvalue weighted by molar-refractivity contribution is 0.121. The predicted molar refractivity (Wildman–Crippen MR) is 51.6 cm³/mol. The third-order valence-electron chi connectivity index (χ3n) is 2.07. The Labute approximate surface area is 87.0 Å². The van der Waals surface area contributed by atoms with Gasteiger partial charge in [0.25, 0.3) is 5.95 Å². The molecule has 6 heteroatoms. The van der Waals surface area contributed by atoms with E-state index in [4.69, 9.17) is 20.9 Å². The van der Waals surface area contributed by atoms with Crippen molar-refractivity contribution in [3.05, 3.63) is 5.89 Å². The Morgan fingerprint density at radius 1 is 1.43 bits per heavy atom. The molecule has 78 valence electrons. The van der Waals surface area contributed by atoms with Crippen LogP contribution in [0.5, 0.6) is 0 Å².